The average molecular weight is 227 g/mol. The number of rotatable bonds is 2. The van der Waals surface area contributed by atoms with Crippen LogP contribution in [-0.4, -0.2) is 16.2 Å². The van der Waals surface area contributed by atoms with E-state index in [1.165, 1.54) is 36.5 Å². The zero-order valence-corrected chi connectivity index (χ0v) is 10.1. The van der Waals surface area contributed by atoms with Crippen LogP contribution in [0.1, 0.15) is 31.4 Å². The van der Waals surface area contributed by atoms with E-state index in [4.69, 9.17) is 0 Å². The van der Waals surface area contributed by atoms with Crippen molar-refractivity contribution in [1.29, 1.82) is 0 Å². The molecule has 1 aliphatic rings. The van der Waals surface area contributed by atoms with Gasteiger partial charge < -0.3 is 5.32 Å². The van der Waals surface area contributed by atoms with Gasteiger partial charge in [0.05, 0.1) is 5.69 Å². The van der Waals surface area contributed by atoms with Gasteiger partial charge in [0.2, 0.25) is 0 Å². The third kappa shape index (κ3) is 1.97. The number of nitrogens with zero attached hydrogens (tertiary/aromatic N) is 2. The third-order valence-electron chi connectivity index (χ3n) is 3.57. The summed E-state index contributed by atoms with van der Waals surface area (Å²) in [6.45, 7) is 2.01. The smallest absolute Gasteiger partial charge is 0.156 e. The van der Waals surface area contributed by atoms with Crippen molar-refractivity contribution < 1.29 is 0 Å². The fourth-order valence-electron chi connectivity index (χ4n) is 2.61. The largest absolute Gasteiger partial charge is 0.365 e. The van der Waals surface area contributed by atoms with E-state index in [9.17, 15) is 0 Å². The van der Waals surface area contributed by atoms with Crippen LogP contribution < -0.4 is 5.32 Å². The van der Waals surface area contributed by atoms with Gasteiger partial charge >= 0.3 is 0 Å². The Morgan fingerprint density at radius 1 is 1.06 bits per heavy atom. The van der Waals surface area contributed by atoms with Crippen molar-refractivity contribution in [2.24, 2.45) is 0 Å². The van der Waals surface area contributed by atoms with Crippen LogP contribution in [0.25, 0.3) is 10.8 Å². The highest BCUT2D eigenvalue weighted by atomic mass is 15.2. The van der Waals surface area contributed by atoms with Gasteiger partial charge in [0.15, 0.2) is 5.82 Å². The molecule has 1 saturated carbocycles. The number of hydrogen-bond donors (Lipinski definition) is 1. The van der Waals surface area contributed by atoms with Gasteiger partial charge in [-0.05, 0) is 19.8 Å². The van der Waals surface area contributed by atoms with Crippen molar-refractivity contribution in [3.05, 3.63) is 30.0 Å². The number of aromatic nitrogens is 2. The predicted octanol–water partition coefficient (Wildman–Crippen LogP) is 3.29. The lowest BCUT2D eigenvalue weighted by molar-refractivity contribution is 0.747. The highest BCUT2D eigenvalue weighted by Gasteiger charge is 2.16. The van der Waals surface area contributed by atoms with Crippen LogP contribution in [0.4, 0.5) is 5.82 Å². The van der Waals surface area contributed by atoms with Crippen molar-refractivity contribution in [2.75, 3.05) is 5.32 Å². The summed E-state index contributed by atoms with van der Waals surface area (Å²) in [5.41, 5.74) is 0.998. The quantitative estimate of drug-likeness (QED) is 0.855. The van der Waals surface area contributed by atoms with Crippen LogP contribution in [0.2, 0.25) is 0 Å². The van der Waals surface area contributed by atoms with Gasteiger partial charge in [-0.1, -0.05) is 37.1 Å². The second-order valence-corrected chi connectivity index (χ2v) is 4.81. The summed E-state index contributed by atoms with van der Waals surface area (Å²) in [6.07, 6.45) is 5.16. The summed E-state index contributed by atoms with van der Waals surface area (Å²) in [6, 6.07) is 8.92. The molecule has 1 heterocycles. The first-order valence-electron chi connectivity index (χ1n) is 6.33. The van der Waals surface area contributed by atoms with Gasteiger partial charge in [-0.15, -0.1) is 5.10 Å². The number of benzene rings is 1. The molecule has 0 saturated heterocycles. The fraction of sp³-hybridized carbons (Fsp3) is 0.429. The van der Waals surface area contributed by atoms with Gasteiger partial charge in [-0.3, -0.25) is 0 Å². The molecule has 0 atom stereocenters. The first-order valence-corrected chi connectivity index (χ1v) is 6.33. The molecule has 0 amide bonds. The molecule has 0 bridgehead atoms. The zero-order chi connectivity index (χ0) is 11.7. The maximum Gasteiger partial charge on any atom is 0.156 e. The highest BCUT2D eigenvalue weighted by Crippen LogP contribution is 2.26. The SMILES string of the molecule is Cc1nnc(NC2CCCC2)c2ccccc12. The van der Waals surface area contributed by atoms with Gasteiger partial charge in [-0.25, -0.2) is 0 Å². The molecule has 17 heavy (non-hydrogen) atoms. The number of fused-ring (bicyclic) bond motifs is 1. The van der Waals surface area contributed by atoms with E-state index < -0.39 is 0 Å². The Labute approximate surface area is 101 Å². The van der Waals surface area contributed by atoms with E-state index >= 15 is 0 Å². The van der Waals surface area contributed by atoms with Crippen molar-refractivity contribution >= 4 is 16.6 Å². The number of nitrogens with one attached hydrogen (secondary N) is 1. The van der Waals surface area contributed by atoms with E-state index in [1.807, 2.05) is 6.92 Å². The van der Waals surface area contributed by atoms with Crippen LogP contribution in [0.5, 0.6) is 0 Å². The van der Waals surface area contributed by atoms with E-state index in [-0.39, 0.29) is 0 Å². The first kappa shape index (κ1) is 10.5. The monoisotopic (exact) mass is 227 g/mol. The normalized spacial score (nSPS) is 16.5. The lowest BCUT2D eigenvalue weighted by Gasteiger charge is -2.14. The summed E-state index contributed by atoms with van der Waals surface area (Å²) < 4.78 is 0. The van der Waals surface area contributed by atoms with Crippen molar-refractivity contribution in [3.63, 3.8) is 0 Å². The van der Waals surface area contributed by atoms with Gasteiger partial charge in [0.25, 0.3) is 0 Å². The molecule has 1 fully saturated rings. The summed E-state index contributed by atoms with van der Waals surface area (Å²) in [5, 5.41) is 14.5. The summed E-state index contributed by atoms with van der Waals surface area (Å²) in [5.74, 6) is 0.943. The highest BCUT2D eigenvalue weighted by molar-refractivity contribution is 5.92. The molecule has 1 aliphatic carbocycles. The van der Waals surface area contributed by atoms with Gasteiger partial charge in [-0.2, -0.15) is 5.10 Å². The Balaban J connectivity index is 2.01. The molecule has 3 nitrogen and oxygen atoms in total. The minimum absolute atomic E-state index is 0.579. The Bertz CT molecular complexity index is 530. The minimum Gasteiger partial charge on any atom is -0.365 e. The van der Waals surface area contributed by atoms with Crippen molar-refractivity contribution in [1.82, 2.24) is 10.2 Å². The number of anilines is 1. The van der Waals surface area contributed by atoms with E-state index in [0.29, 0.717) is 6.04 Å². The third-order valence-corrected chi connectivity index (χ3v) is 3.57. The Morgan fingerprint density at radius 2 is 1.76 bits per heavy atom. The molecular formula is C14H17N3. The maximum absolute atomic E-state index is 4.31. The molecule has 88 valence electrons. The Morgan fingerprint density at radius 3 is 2.53 bits per heavy atom. The second kappa shape index (κ2) is 4.32. The van der Waals surface area contributed by atoms with Crippen LogP contribution in [0.15, 0.2) is 24.3 Å². The summed E-state index contributed by atoms with van der Waals surface area (Å²) in [4.78, 5) is 0. The van der Waals surface area contributed by atoms with Gasteiger partial charge in [0, 0.05) is 16.8 Å². The molecular weight excluding hydrogens is 210 g/mol. The molecule has 2 aromatic rings. The van der Waals surface area contributed by atoms with Crippen molar-refractivity contribution in [3.8, 4) is 0 Å². The molecule has 1 N–H and O–H groups in total. The molecule has 1 aromatic heterocycles. The average Bonchev–Trinajstić information content (AvgIpc) is 2.86. The lowest BCUT2D eigenvalue weighted by atomic mass is 10.1. The molecule has 0 unspecified atom stereocenters. The summed E-state index contributed by atoms with van der Waals surface area (Å²) >= 11 is 0. The van der Waals surface area contributed by atoms with Crippen molar-refractivity contribution in [2.45, 2.75) is 38.6 Å². The summed E-state index contributed by atoms with van der Waals surface area (Å²) in [7, 11) is 0. The minimum atomic E-state index is 0.579. The molecule has 3 rings (SSSR count). The molecule has 0 spiro atoms. The Kier molecular flexibility index (Phi) is 2.67. The Hall–Kier alpha value is -1.64. The zero-order valence-electron chi connectivity index (χ0n) is 10.1. The van der Waals surface area contributed by atoms with E-state index in [1.54, 1.807) is 0 Å². The first-order chi connectivity index (χ1) is 8.34. The predicted molar refractivity (Wildman–Crippen MR) is 70.2 cm³/mol. The molecule has 1 aromatic carbocycles. The van der Waals surface area contributed by atoms with Gasteiger partial charge in [0.1, 0.15) is 0 Å². The molecule has 0 aliphatic heterocycles. The number of aryl methyl sites for hydroxylation is 1. The molecule has 3 heteroatoms. The van der Waals surface area contributed by atoms with Crippen LogP contribution in [-0.2, 0) is 0 Å². The maximum atomic E-state index is 4.31. The lowest BCUT2D eigenvalue weighted by Crippen LogP contribution is -2.16. The van der Waals surface area contributed by atoms with Crippen LogP contribution in [0.3, 0.4) is 0 Å². The molecule has 0 radical (unpaired) electrons. The topological polar surface area (TPSA) is 37.8 Å². The fourth-order valence-corrected chi connectivity index (χ4v) is 2.61. The standard InChI is InChI=1S/C14H17N3/c1-10-12-8-4-5-9-13(12)14(17-16-10)15-11-6-2-3-7-11/h4-5,8-9,11H,2-3,6-7H2,1H3,(H,15,17). The van der Waals surface area contributed by atoms with Crippen LogP contribution in [0, 0.1) is 6.92 Å². The van der Waals surface area contributed by atoms with Crippen LogP contribution >= 0.6 is 0 Å². The number of hydrogen-bond acceptors (Lipinski definition) is 3. The van der Waals surface area contributed by atoms with E-state index in [2.05, 4.69) is 39.8 Å². The second-order valence-electron chi connectivity index (χ2n) is 4.81. The van der Waals surface area contributed by atoms with E-state index in [0.717, 1.165) is 11.5 Å².